The number of rotatable bonds is 6. The monoisotopic (exact) mass is 511 g/mol. The number of nitrogens with one attached hydrogen (secondary N) is 3. The van der Waals surface area contributed by atoms with Crippen molar-refractivity contribution in [3.8, 4) is 21.6 Å². The molecular weight excluding hydrogens is 490 g/mol. The number of anilines is 1. The van der Waals surface area contributed by atoms with Crippen LogP contribution in [0.25, 0.3) is 42.6 Å². The van der Waals surface area contributed by atoms with E-state index in [1.807, 2.05) is 43.3 Å². The molecule has 0 spiro atoms. The molecule has 6 nitrogen and oxygen atoms in total. The second-order valence-electron chi connectivity index (χ2n) is 8.00. The first-order valence-corrected chi connectivity index (χ1v) is 12.4. The first-order chi connectivity index (χ1) is 17.6. The van der Waals surface area contributed by atoms with Gasteiger partial charge in [0.1, 0.15) is 0 Å². The van der Waals surface area contributed by atoms with Crippen LogP contribution in [0.2, 0.25) is 5.15 Å². The van der Waals surface area contributed by atoms with E-state index in [4.69, 9.17) is 11.6 Å². The number of hydrogen-bond donors (Lipinski definition) is 3. The Balaban J connectivity index is 1.51. The lowest BCUT2D eigenvalue weighted by molar-refractivity contribution is 0.254. The number of amides is 2. The van der Waals surface area contributed by atoms with E-state index in [-0.39, 0.29) is 5.15 Å². The molecule has 36 heavy (non-hydrogen) atoms. The van der Waals surface area contributed by atoms with Crippen LogP contribution in [0.4, 0.5) is 10.5 Å². The minimum Gasteiger partial charge on any atom is -0.308 e. The Morgan fingerprint density at radius 1 is 1.11 bits per heavy atom. The van der Waals surface area contributed by atoms with Crippen molar-refractivity contribution in [2.45, 2.75) is 6.92 Å². The molecule has 2 amide bonds. The standard InChI is InChI=1S/C28H22ClN5OS/c1-3-5-9-21(4-2)32-28(35)33-23-13-19(15-30-27(23)29)18-11-20-16-31-34-26(20)22(12-18)25-14-17-8-6-7-10-24(17)36-25/h3-16H,2H2,1H3,(H,31,34)(H2,32,33,35)/b5-3-,21-9+. The van der Waals surface area contributed by atoms with E-state index in [1.54, 1.807) is 35.9 Å². The minimum atomic E-state index is -0.442. The number of urea groups is 1. The summed E-state index contributed by atoms with van der Waals surface area (Å²) < 4.78 is 1.22. The Morgan fingerprint density at radius 3 is 2.78 bits per heavy atom. The number of aromatic nitrogens is 3. The van der Waals surface area contributed by atoms with Crippen LogP contribution >= 0.6 is 22.9 Å². The molecule has 0 aliphatic heterocycles. The average Bonchev–Trinajstić information content (AvgIpc) is 3.54. The van der Waals surface area contributed by atoms with E-state index >= 15 is 0 Å². The van der Waals surface area contributed by atoms with E-state index < -0.39 is 6.03 Å². The molecular formula is C28H22ClN5OS. The number of fused-ring (bicyclic) bond motifs is 2. The number of allylic oxidation sites excluding steroid dienone is 4. The van der Waals surface area contributed by atoms with E-state index in [9.17, 15) is 4.79 Å². The van der Waals surface area contributed by atoms with Gasteiger partial charge in [0.25, 0.3) is 0 Å². The number of thiophene rings is 1. The number of nitrogens with zero attached hydrogens (tertiary/aromatic N) is 2. The van der Waals surface area contributed by atoms with Crippen LogP contribution in [0.1, 0.15) is 6.92 Å². The molecule has 0 aliphatic carbocycles. The summed E-state index contributed by atoms with van der Waals surface area (Å²) in [6.45, 7) is 5.61. The number of H-pyrrole nitrogens is 1. The molecule has 0 saturated heterocycles. The topological polar surface area (TPSA) is 82.7 Å². The van der Waals surface area contributed by atoms with Crippen LogP contribution in [-0.2, 0) is 0 Å². The molecule has 0 saturated carbocycles. The maximum Gasteiger partial charge on any atom is 0.323 e. The SMILES string of the molecule is C=C/C(=C\C=C/C)NC(=O)Nc1cc(-c2cc(-c3cc4ccccc4s3)c3[nH]ncc3c2)cnc1Cl. The third kappa shape index (κ3) is 4.79. The molecule has 3 heterocycles. The molecule has 5 aromatic rings. The largest absolute Gasteiger partial charge is 0.323 e. The molecule has 0 unspecified atom stereocenters. The summed E-state index contributed by atoms with van der Waals surface area (Å²) in [5, 5.41) is 15.3. The van der Waals surface area contributed by atoms with Crippen LogP contribution in [-0.4, -0.2) is 21.2 Å². The van der Waals surface area contributed by atoms with Gasteiger partial charge in [-0.25, -0.2) is 9.78 Å². The van der Waals surface area contributed by atoms with Gasteiger partial charge in [-0.05, 0) is 60.4 Å². The van der Waals surface area contributed by atoms with Gasteiger partial charge in [-0.15, -0.1) is 11.3 Å². The molecule has 0 radical (unpaired) electrons. The number of carbonyl (C=O) groups excluding carboxylic acids is 1. The molecule has 178 valence electrons. The van der Waals surface area contributed by atoms with Gasteiger partial charge in [-0.2, -0.15) is 5.10 Å². The molecule has 0 bridgehead atoms. The van der Waals surface area contributed by atoms with Crippen LogP contribution in [0.3, 0.4) is 0 Å². The highest BCUT2D eigenvalue weighted by atomic mass is 35.5. The van der Waals surface area contributed by atoms with Crippen molar-refractivity contribution in [2.75, 3.05) is 5.32 Å². The van der Waals surface area contributed by atoms with Gasteiger partial charge >= 0.3 is 6.03 Å². The number of halogens is 1. The fourth-order valence-electron chi connectivity index (χ4n) is 3.87. The summed E-state index contributed by atoms with van der Waals surface area (Å²) in [5.41, 5.74) is 4.72. The number of benzene rings is 2. The number of carbonyl (C=O) groups is 1. The smallest absolute Gasteiger partial charge is 0.308 e. The van der Waals surface area contributed by atoms with E-state index in [0.717, 1.165) is 32.5 Å². The Hall–Kier alpha value is -4.20. The third-order valence-corrected chi connectivity index (χ3v) is 7.06. The lowest BCUT2D eigenvalue weighted by Crippen LogP contribution is -2.27. The van der Waals surface area contributed by atoms with Crippen molar-refractivity contribution < 1.29 is 4.79 Å². The number of hydrogen-bond acceptors (Lipinski definition) is 4. The third-order valence-electron chi connectivity index (χ3n) is 5.61. The predicted octanol–water partition coefficient (Wildman–Crippen LogP) is 7.93. The number of aromatic amines is 1. The molecule has 0 aliphatic rings. The maximum absolute atomic E-state index is 12.6. The van der Waals surface area contributed by atoms with E-state index in [1.165, 1.54) is 10.1 Å². The fraction of sp³-hybridized carbons (Fsp3) is 0.0357. The highest BCUT2D eigenvalue weighted by Gasteiger charge is 2.14. The van der Waals surface area contributed by atoms with Crippen molar-refractivity contribution in [2.24, 2.45) is 0 Å². The van der Waals surface area contributed by atoms with Gasteiger partial charge in [0, 0.05) is 38.0 Å². The molecule has 0 atom stereocenters. The van der Waals surface area contributed by atoms with Crippen molar-refractivity contribution in [3.63, 3.8) is 0 Å². The van der Waals surface area contributed by atoms with Crippen LogP contribution in [0, 0.1) is 0 Å². The van der Waals surface area contributed by atoms with E-state index in [2.05, 4.69) is 56.7 Å². The zero-order valence-corrected chi connectivity index (χ0v) is 21.0. The molecule has 3 aromatic heterocycles. The quantitative estimate of drug-likeness (QED) is 0.160. The Kier molecular flexibility index (Phi) is 6.66. The summed E-state index contributed by atoms with van der Waals surface area (Å²) in [4.78, 5) is 18.0. The summed E-state index contributed by atoms with van der Waals surface area (Å²) in [7, 11) is 0. The van der Waals surface area contributed by atoms with Crippen LogP contribution < -0.4 is 10.6 Å². The van der Waals surface area contributed by atoms with Gasteiger partial charge in [0.05, 0.1) is 17.4 Å². The molecule has 2 aromatic carbocycles. The summed E-state index contributed by atoms with van der Waals surface area (Å²) in [6, 6.07) is 16.0. The summed E-state index contributed by atoms with van der Waals surface area (Å²) in [6.07, 6.45) is 10.5. The van der Waals surface area contributed by atoms with Gasteiger partial charge in [-0.3, -0.25) is 5.10 Å². The highest BCUT2D eigenvalue weighted by molar-refractivity contribution is 7.22. The normalized spacial score (nSPS) is 11.9. The maximum atomic E-state index is 12.6. The zero-order valence-electron chi connectivity index (χ0n) is 19.4. The Labute approximate surface area is 217 Å². The van der Waals surface area contributed by atoms with Gasteiger partial charge < -0.3 is 10.6 Å². The van der Waals surface area contributed by atoms with E-state index in [0.29, 0.717) is 11.4 Å². The van der Waals surface area contributed by atoms with Crippen LogP contribution in [0.5, 0.6) is 0 Å². The van der Waals surface area contributed by atoms with Crippen molar-refractivity contribution >= 4 is 55.6 Å². The fourth-order valence-corrected chi connectivity index (χ4v) is 5.11. The van der Waals surface area contributed by atoms with Gasteiger partial charge in [0.2, 0.25) is 0 Å². The average molecular weight is 512 g/mol. The highest BCUT2D eigenvalue weighted by Crippen LogP contribution is 2.39. The Morgan fingerprint density at radius 2 is 1.97 bits per heavy atom. The van der Waals surface area contributed by atoms with Gasteiger partial charge in [0.15, 0.2) is 5.15 Å². The molecule has 0 fully saturated rings. The van der Waals surface area contributed by atoms with Crippen molar-refractivity contribution in [1.29, 1.82) is 0 Å². The minimum absolute atomic E-state index is 0.195. The van der Waals surface area contributed by atoms with Crippen LogP contribution in [0.15, 0.2) is 97.5 Å². The second kappa shape index (κ2) is 10.2. The zero-order chi connectivity index (χ0) is 25.1. The van der Waals surface area contributed by atoms with Gasteiger partial charge in [-0.1, -0.05) is 48.5 Å². The predicted molar refractivity (Wildman–Crippen MR) is 150 cm³/mol. The first kappa shape index (κ1) is 23.5. The summed E-state index contributed by atoms with van der Waals surface area (Å²) >= 11 is 8.05. The summed E-state index contributed by atoms with van der Waals surface area (Å²) in [5.74, 6) is 0. The lowest BCUT2D eigenvalue weighted by Gasteiger charge is -2.11. The number of pyridine rings is 1. The first-order valence-electron chi connectivity index (χ1n) is 11.2. The molecule has 3 N–H and O–H groups in total. The van der Waals surface area contributed by atoms with Crippen molar-refractivity contribution in [3.05, 3.63) is 103 Å². The Bertz CT molecular complexity index is 1630. The second-order valence-corrected chi connectivity index (χ2v) is 9.44. The lowest BCUT2D eigenvalue weighted by atomic mass is 10.0. The molecule has 5 rings (SSSR count). The molecule has 8 heteroatoms. The van der Waals surface area contributed by atoms with Crippen molar-refractivity contribution in [1.82, 2.24) is 20.5 Å².